The lowest BCUT2D eigenvalue weighted by atomic mass is 10.2. The minimum atomic E-state index is -4.43. The van der Waals surface area contributed by atoms with E-state index in [1.54, 1.807) is 24.3 Å². The molecule has 0 fully saturated rings. The highest BCUT2D eigenvalue weighted by Gasteiger charge is 2.30. The van der Waals surface area contributed by atoms with Crippen molar-refractivity contribution in [2.75, 3.05) is 19.0 Å². The largest absolute Gasteiger partial charge is 0.457 e. The van der Waals surface area contributed by atoms with E-state index in [2.05, 4.69) is 5.32 Å². The van der Waals surface area contributed by atoms with Gasteiger partial charge >= 0.3 is 6.18 Å². The lowest BCUT2D eigenvalue weighted by molar-refractivity contribution is -0.137. The van der Waals surface area contributed by atoms with E-state index in [0.717, 1.165) is 12.1 Å². The molecule has 0 aliphatic carbocycles. The molecular formula is C18H19F3N2O3. The lowest BCUT2D eigenvalue weighted by Crippen LogP contribution is -2.28. The number of nitrogens with two attached hydrogens (primary N) is 1. The molecule has 0 saturated carbocycles. The van der Waals surface area contributed by atoms with Crippen molar-refractivity contribution in [3.63, 3.8) is 0 Å². The number of benzene rings is 2. The first kappa shape index (κ1) is 19.7. The van der Waals surface area contributed by atoms with Crippen molar-refractivity contribution in [3.8, 4) is 11.5 Å². The third-order valence-electron chi connectivity index (χ3n) is 3.54. The van der Waals surface area contributed by atoms with Crippen molar-refractivity contribution >= 4 is 11.6 Å². The quantitative estimate of drug-likeness (QED) is 0.780. The molecule has 1 atom stereocenters. The predicted octanol–water partition coefficient (Wildman–Crippen LogP) is 3.80. The van der Waals surface area contributed by atoms with Gasteiger partial charge in [0.1, 0.15) is 11.5 Å². The van der Waals surface area contributed by atoms with Crippen LogP contribution < -0.4 is 15.8 Å². The number of methoxy groups -OCH3 is 1. The summed E-state index contributed by atoms with van der Waals surface area (Å²) in [5.74, 6) is 0.162. The van der Waals surface area contributed by atoms with Crippen LogP contribution in [0.4, 0.5) is 18.9 Å². The lowest BCUT2D eigenvalue weighted by Gasteiger charge is -2.13. The van der Waals surface area contributed by atoms with Crippen LogP contribution in [0.5, 0.6) is 11.5 Å². The minimum absolute atomic E-state index is 0.0718. The summed E-state index contributed by atoms with van der Waals surface area (Å²) in [4.78, 5) is 11.9. The molecule has 0 aliphatic rings. The predicted molar refractivity (Wildman–Crippen MR) is 91.1 cm³/mol. The number of carbonyl (C=O) groups excluding carboxylic acids is 1. The van der Waals surface area contributed by atoms with Gasteiger partial charge in [-0.1, -0.05) is 6.07 Å². The maximum atomic E-state index is 12.7. The van der Waals surface area contributed by atoms with E-state index in [-0.39, 0.29) is 30.7 Å². The zero-order valence-electron chi connectivity index (χ0n) is 14.0. The average Bonchev–Trinajstić information content (AvgIpc) is 2.61. The molecule has 2 aromatic rings. The van der Waals surface area contributed by atoms with Crippen molar-refractivity contribution in [1.29, 1.82) is 0 Å². The van der Waals surface area contributed by atoms with Gasteiger partial charge in [-0.2, -0.15) is 13.2 Å². The van der Waals surface area contributed by atoms with E-state index in [0.29, 0.717) is 11.4 Å². The Morgan fingerprint density at radius 3 is 2.42 bits per heavy atom. The number of nitrogens with one attached hydrogen (secondary N) is 1. The smallest absolute Gasteiger partial charge is 0.416 e. The topological polar surface area (TPSA) is 73.6 Å². The zero-order chi connectivity index (χ0) is 19.2. The van der Waals surface area contributed by atoms with Crippen LogP contribution in [0, 0.1) is 0 Å². The maximum absolute atomic E-state index is 12.7. The van der Waals surface area contributed by atoms with Crippen LogP contribution in [0.2, 0.25) is 0 Å². The Hall–Kier alpha value is -2.58. The molecule has 140 valence electrons. The van der Waals surface area contributed by atoms with Crippen LogP contribution in [0.1, 0.15) is 12.0 Å². The fourth-order valence-electron chi connectivity index (χ4n) is 2.16. The van der Waals surface area contributed by atoms with E-state index < -0.39 is 11.7 Å². The number of rotatable bonds is 7. The first-order chi connectivity index (χ1) is 12.3. The van der Waals surface area contributed by atoms with Gasteiger partial charge in [0.2, 0.25) is 5.91 Å². The maximum Gasteiger partial charge on any atom is 0.416 e. The normalized spacial score (nSPS) is 12.5. The molecule has 0 aromatic heterocycles. The molecule has 1 amide bonds. The number of carbonyl (C=O) groups is 1. The summed E-state index contributed by atoms with van der Waals surface area (Å²) in [5, 5.41) is 2.68. The third kappa shape index (κ3) is 5.75. The zero-order valence-corrected chi connectivity index (χ0v) is 14.0. The Bertz CT molecular complexity index is 729. The highest BCUT2D eigenvalue weighted by atomic mass is 19.4. The summed E-state index contributed by atoms with van der Waals surface area (Å²) < 4.78 is 48.6. The third-order valence-corrected chi connectivity index (χ3v) is 3.54. The molecular weight excluding hydrogens is 349 g/mol. The summed E-state index contributed by atoms with van der Waals surface area (Å²) in [6.07, 6.45) is -4.68. The van der Waals surface area contributed by atoms with Gasteiger partial charge in [-0.05, 0) is 42.5 Å². The number of halogens is 3. The molecule has 3 N–H and O–H groups in total. The molecule has 0 bridgehead atoms. The van der Waals surface area contributed by atoms with Gasteiger partial charge in [0.15, 0.2) is 0 Å². The molecule has 26 heavy (non-hydrogen) atoms. The van der Waals surface area contributed by atoms with Crippen LogP contribution >= 0.6 is 0 Å². The number of anilines is 1. The first-order valence-corrected chi connectivity index (χ1v) is 7.79. The summed E-state index contributed by atoms with van der Waals surface area (Å²) in [5.41, 5.74) is 5.20. The van der Waals surface area contributed by atoms with Crippen molar-refractivity contribution in [3.05, 3.63) is 54.1 Å². The van der Waals surface area contributed by atoms with E-state index in [1.165, 1.54) is 19.2 Å². The first-order valence-electron chi connectivity index (χ1n) is 7.79. The Morgan fingerprint density at radius 1 is 1.15 bits per heavy atom. The van der Waals surface area contributed by atoms with Gasteiger partial charge in [0, 0.05) is 19.3 Å². The highest BCUT2D eigenvalue weighted by molar-refractivity contribution is 5.91. The van der Waals surface area contributed by atoms with Gasteiger partial charge in [-0.15, -0.1) is 0 Å². The molecule has 2 aromatic carbocycles. The number of amides is 1. The number of hydrogen-bond acceptors (Lipinski definition) is 4. The second kappa shape index (κ2) is 8.68. The number of hydrogen-bond donors (Lipinski definition) is 2. The van der Waals surface area contributed by atoms with Gasteiger partial charge in [-0.3, -0.25) is 4.79 Å². The highest BCUT2D eigenvalue weighted by Crippen LogP contribution is 2.32. The van der Waals surface area contributed by atoms with Crippen LogP contribution in [0.15, 0.2) is 48.5 Å². The fraction of sp³-hybridized carbons (Fsp3) is 0.278. The van der Waals surface area contributed by atoms with E-state index in [1.807, 2.05) is 0 Å². The molecule has 0 spiro atoms. The molecule has 0 heterocycles. The molecule has 0 aliphatic heterocycles. The molecule has 8 heteroatoms. The Kier molecular flexibility index (Phi) is 6.59. The van der Waals surface area contributed by atoms with E-state index in [4.69, 9.17) is 15.2 Å². The van der Waals surface area contributed by atoms with E-state index >= 15 is 0 Å². The summed E-state index contributed by atoms with van der Waals surface area (Å²) in [6, 6.07) is 10.9. The standard InChI is InChI=1S/C18H19F3N2O3/c1-25-16(11-22)10-17(24)23-13-5-7-14(8-6-13)26-15-4-2-3-12(9-15)18(19,20)21/h2-9,16H,10-11,22H2,1H3,(H,23,24). The van der Waals surface area contributed by atoms with Crippen molar-refractivity contribution in [2.45, 2.75) is 18.7 Å². The Morgan fingerprint density at radius 2 is 1.85 bits per heavy atom. The summed E-state index contributed by atoms with van der Waals surface area (Å²) in [6.45, 7) is 0.230. The minimum Gasteiger partial charge on any atom is -0.457 e. The number of alkyl halides is 3. The SMILES string of the molecule is COC(CN)CC(=O)Nc1ccc(Oc2cccc(C(F)(F)F)c2)cc1. The molecule has 5 nitrogen and oxygen atoms in total. The molecule has 1 unspecified atom stereocenters. The van der Waals surface area contributed by atoms with Crippen molar-refractivity contribution in [1.82, 2.24) is 0 Å². The van der Waals surface area contributed by atoms with E-state index in [9.17, 15) is 18.0 Å². The van der Waals surface area contributed by atoms with Gasteiger partial charge < -0.3 is 20.5 Å². The van der Waals surface area contributed by atoms with Crippen LogP contribution in [-0.4, -0.2) is 25.7 Å². The second-order valence-corrected chi connectivity index (χ2v) is 5.50. The Labute approximate surface area is 148 Å². The average molecular weight is 368 g/mol. The van der Waals surface area contributed by atoms with Crippen LogP contribution in [0.3, 0.4) is 0 Å². The van der Waals surface area contributed by atoms with Crippen LogP contribution in [0.25, 0.3) is 0 Å². The monoisotopic (exact) mass is 368 g/mol. The van der Waals surface area contributed by atoms with Gasteiger partial charge in [0.25, 0.3) is 0 Å². The number of ether oxygens (including phenoxy) is 2. The summed E-state index contributed by atoms with van der Waals surface area (Å²) >= 11 is 0. The van der Waals surface area contributed by atoms with Crippen molar-refractivity contribution < 1.29 is 27.4 Å². The van der Waals surface area contributed by atoms with Gasteiger partial charge in [0.05, 0.1) is 18.1 Å². The molecule has 0 saturated heterocycles. The van der Waals surface area contributed by atoms with Gasteiger partial charge in [-0.25, -0.2) is 0 Å². The second-order valence-electron chi connectivity index (χ2n) is 5.50. The summed E-state index contributed by atoms with van der Waals surface area (Å²) in [7, 11) is 1.48. The molecule has 0 radical (unpaired) electrons. The van der Waals surface area contributed by atoms with Crippen molar-refractivity contribution in [2.24, 2.45) is 5.73 Å². The van der Waals surface area contributed by atoms with Crippen LogP contribution in [-0.2, 0) is 15.7 Å². The molecule has 2 rings (SSSR count). The fourth-order valence-corrected chi connectivity index (χ4v) is 2.16. The Balaban J connectivity index is 1.98.